The van der Waals surface area contributed by atoms with Crippen molar-refractivity contribution >= 4 is 17.5 Å². The van der Waals surface area contributed by atoms with Gasteiger partial charge < -0.3 is 9.64 Å². The van der Waals surface area contributed by atoms with Crippen molar-refractivity contribution in [2.75, 3.05) is 20.3 Å². The van der Waals surface area contributed by atoms with E-state index in [-0.39, 0.29) is 17.1 Å². The van der Waals surface area contributed by atoms with Crippen LogP contribution in [-0.4, -0.2) is 42.1 Å². The number of amides is 1. The lowest BCUT2D eigenvalue weighted by Gasteiger charge is -2.28. The SMILES string of the molecule is CCC(C)N(CCOC)C(=O)c1cccnc1Cl. The first-order chi connectivity index (χ1) is 8.61. The van der Waals surface area contributed by atoms with Crippen LogP contribution in [-0.2, 0) is 4.74 Å². The third kappa shape index (κ3) is 3.68. The Morgan fingerprint density at radius 1 is 1.61 bits per heavy atom. The van der Waals surface area contributed by atoms with E-state index < -0.39 is 0 Å². The molecule has 0 fully saturated rings. The summed E-state index contributed by atoms with van der Waals surface area (Å²) in [5.41, 5.74) is 0.440. The number of nitrogens with zero attached hydrogens (tertiary/aromatic N) is 2. The zero-order valence-electron chi connectivity index (χ0n) is 11.0. The third-order valence-electron chi connectivity index (χ3n) is 2.91. The van der Waals surface area contributed by atoms with Gasteiger partial charge in [0.25, 0.3) is 5.91 Å². The molecule has 0 bridgehead atoms. The fourth-order valence-electron chi connectivity index (χ4n) is 1.63. The number of rotatable bonds is 6. The molecule has 0 aromatic carbocycles. The highest BCUT2D eigenvalue weighted by molar-refractivity contribution is 6.32. The predicted molar refractivity (Wildman–Crippen MR) is 71.9 cm³/mol. The van der Waals surface area contributed by atoms with E-state index in [1.165, 1.54) is 0 Å². The van der Waals surface area contributed by atoms with Crippen LogP contribution in [0, 0.1) is 0 Å². The lowest BCUT2D eigenvalue weighted by Crippen LogP contribution is -2.40. The minimum atomic E-state index is -0.0977. The van der Waals surface area contributed by atoms with Crippen LogP contribution in [0.4, 0.5) is 0 Å². The van der Waals surface area contributed by atoms with Gasteiger partial charge in [-0.15, -0.1) is 0 Å². The Kier molecular flexibility index (Phi) is 6.09. The molecule has 1 heterocycles. The van der Waals surface area contributed by atoms with E-state index in [9.17, 15) is 4.79 Å². The molecule has 0 saturated carbocycles. The summed E-state index contributed by atoms with van der Waals surface area (Å²) in [4.78, 5) is 18.1. The van der Waals surface area contributed by atoms with Crippen LogP contribution in [0.5, 0.6) is 0 Å². The monoisotopic (exact) mass is 270 g/mol. The Labute approximate surface area is 113 Å². The minimum absolute atomic E-state index is 0.0977. The molecule has 5 heteroatoms. The van der Waals surface area contributed by atoms with E-state index in [0.29, 0.717) is 18.7 Å². The van der Waals surface area contributed by atoms with Crippen LogP contribution in [0.3, 0.4) is 0 Å². The van der Waals surface area contributed by atoms with Crippen LogP contribution < -0.4 is 0 Å². The first kappa shape index (κ1) is 14.9. The van der Waals surface area contributed by atoms with Crippen molar-refractivity contribution in [3.8, 4) is 0 Å². The average molecular weight is 271 g/mol. The van der Waals surface area contributed by atoms with Crippen LogP contribution in [0.25, 0.3) is 0 Å². The quantitative estimate of drug-likeness (QED) is 0.747. The molecule has 1 amide bonds. The number of pyridine rings is 1. The number of carbonyl (C=O) groups is 1. The van der Waals surface area contributed by atoms with Crippen LogP contribution >= 0.6 is 11.6 Å². The smallest absolute Gasteiger partial charge is 0.257 e. The van der Waals surface area contributed by atoms with E-state index in [1.54, 1.807) is 30.3 Å². The van der Waals surface area contributed by atoms with Gasteiger partial charge in [0.15, 0.2) is 0 Å². The third-order valence-corrected chi connectivity index (χ3v) is 3.21. The molecule has 0 radical (unpaired) electrons. The summed E-state index contributed by atoms with van der Waals surface area (Å²) in [5.74, 6) is -0.0977. The summed E-state index contributed by atoms with van der Waals surface area (Å²) in [5, 5.41) is 0.244. The van der Waals surface area contributed by atoms with E-state index in [2.05, 4.69) is 4.98 Å². The van der Waals surface area contributed by atoms with Gasteiger partial charge in [-0.3, -0.25) is 4.79 Å². The maximum Gasteiger partial charge on any atom is 0.257 e. The standard InChI is InChI=1S/C13H19ClN2O2/c1-4-10(2)16(8-9-18-3)13(17)11-6-5-7-15-12(11)14/h5-7,10H,4,8-9H2,1-3H3. The van der Waals surface area contributed by atoms with Gasteiger partial charge in [0, 0.05) is 25.9 Å². The summed E-state index contributed by atoms with van der Waals surface area (Å²) in [6, 6.07) is 3.55. The molecule has 0 aliphatic carbocycles. The molecule has 1 atom stereocenters. The summed E-state index contributed by atoms with van der Waals surface area (Å²) >= 11 is 5.96. The topological polar surface area (TPSA) is 42.4 Å². The Morgan fingerprint density at radius 3 is 2.89 bits per heavy atom. The molecule has 1 rings (SSSR count). The van der Waals surface area contributed by atoms with Gasteiger partial charge in [0.1, 0.15) is 5.15 Å². The first-order valence-electron chi connectivity index (χ1n) is 6.02. The van der Waals surface area contributed by atoms with Crippen molar-refractivity contribution in [3.63, 3.8) is 0 Å². The van der Waals surface area contributed by atoms with E-state index in [0.717, 1.165) is 6.42 Å². The Bertz CT molecular complexity index is 398. The number of hydrogen-bond acceptors (Lipinski definition) is 3. The van der Waals surface area contributed by atoms with Crippen molar-refractivity contribution in [3.05, 3.63) is 29.0 Å². The fraction of sp³-hybridized carbons (Fsp3) is 0.538. The molecule has 18 heavy (non-hydrogen) atoms. The summed E-state index contributed by atoms with van der Waals surface area (Å²) in [6.07, 6.45) is 2.45. The van der Waals surface area contributed by atoms with E-state index in [4.69, 9.17) is 16.3 Å². The molecule has 0 aliphatic rings. The van der Waals surface area contributed by atoms with Crippen LogP contribution in [0.1, 0.15) is 30.6 Å². The lowest BCUT2D eigenvalue weighted by atomic mass is 10.1. The summed E-state index contributed by atoms with van der Waals surface area (Å²) in [7, 11) is 1.62. The summed E-state index contributed by atoms with van der Waals surface area (Å²) < 4.78 is 5.04. The van der Waals surface area contributed by atoms with Crippen molar-refractivity contribution < 1.29 is 9.53 Å². The van der Waals surface area contributed by atoms with Crippen molar-refractivity contribution in [1.29, 1.82) is 0 Å². The van der Waals surface area contributed by atoms with Gasteiger partial charge in [-0.05, 0) is 25.5 Å². The van der Waals surface area contributed by atoms with E-state index >= 15 is 0 Å². The number of aromatic nitrogens is 1. The average Bonchev–Trinajstić information content (AvgIpc) is 2.39. The van der Waals surface area contributed by atoms with Gasteiger partial charge in [0.05, 0.1) is 12.2 Å². The first-order valence-corrected chi connectivity index (χ1v) is 6.40. The molecule has 0 N–H and O–H groups in total. The van der Waals surface area contributed by atoms with Gasteiger partial charge in [0.2, 0.25) is 0 Å². The van der Waals surface area contributed by atoms with Crippen molar-refractivity contribution in [2.45, 2.75) is 26.3 Å². The Balaban J connectivity index is 2.91. The molecule has 1 unspecified atom stereocenters. The van der Waals surface area contributed by atoms with E-state index in [1.807, 2.05) is 13.8 Å². The second-order valence-electron chi connectivity index (χ2n) is 4.09. The molecular formula is C13H19ClN2O2. The number of halogens is 1. The van der Waals surface area contributed by atoms with Gasteiger partial charge in [-0.2, -0.15) is 0 Å². The molecule has 0 spiro atoms. The normalized spacial score (nSPS) is 12.2. The van der Waals surface area contributed by atoms with Gasteiger partial charge in [-0.1, -0.05) is 18.5 Å². The molecule has 0 aliphatic heterocycles. The maximum absolute atomic E-state index is 12.4. The minimum Gasteiger partial charge on any atom is -0.383 e. The highest BCUT2D eigenvalue weighted by atomic mass is 35.5. The Morgan fingerprint density at radius 2 is 2.33 bits per heavy atom. The predicted octanol–water partition coefficient (Wildman–Crippen LogP) is 2.62. The second-order valence-corrected chi connectivity index (χ2v) is 4.45. The summed E-state index contributed by atoms with van der Waals surface area (Å²) in [6.45, 7) is 5.12. The van der Waals surface area contributed by atoms with Crippen LogP contribution in [0.2, 0.25) is 5.15 Å². The highest BCUT2D eigenvalue weighted by Crippen LogP contribution is 2.16. The zero-order valence-corrected chi connectivity index (χ0v) is 11.8. The lowest BCUT2D eigenvalue weighted by molar-refractivity contribution is 0.0613. The number of hydrogen-bond donors (Lipinski definition) is 0. The van der Waals surface area contributed by atoms with Crippen molar-refractivity contribution in [2.24, 2.45) is 0 Å². The maximum atomic E-state index is 12.4. The molecule has 0 saturated heterocycles. The number of ether oxygens (including phenoxy) is 1. The van der Waals surface area contributed by atoms with Gasteiger partial charge >= 0.3 is 0 Å². The number of methoxy groups -OCH3 is 1. The van der Waals surface area contributed by atoms with Gasteiger partial charge in [-0.25, -0.2) is 4.98 Å². The molecule has 4 nitrogen and oxygen atoms in total. The van der Waals surface area contributed by atoms with Crippen LogP contribution in [0.15, 0.2) is 18.3 Å². The second kappa shape index (κ2) is 7.34. The fourth-order valence-corrected chi connectivity index (χ4v) is 1.83. The highest BCUT2D eigenvalue weighted by Gasteiger charge is 2.22. The molecule has 1 aromatic heterocycles. The zero-order chi connectivity index (χ0) is 13.5. The molecule has 1 aromatic rings. The Hall–Kier alpha value is -1.13. The van der Waals surface area contributed by atoms with Crippen molar-refractivity contribution in [1.82, 2.24) is 9.88 Å². The molecular weight excluding hydrogens is 252 g/mol. The largest absolute Gasteiger partial charge is 0.383 e. The molecule has 100 valence electrons. The number of carbonyl (C=O) groups excluding carboxylic acids is 1.